The highest BCUT2D eigenvalue weighted by Gasteiger charge is 2.23. The Labute approximate surface area is 116 Å². The normalized spacial score (nSPS) is 11.6. The molecule has 0 fully saturated rings. The van der Waals surface area contributed by atoms with Crippen molar-refractivity contribution in [2.45, 2.75) is 25.4 Å². The third-order valence-electron chi connectivity index (χ3n) is 2.94. The van der Waals surface area contributed by atoms with Crippen LogP contribution in [0.3, 0.4) is 0 Å². The molecule has 2 rings (SSSR count). The van der Waals surface area contributed by atoms with Crippen LogP contribution in [0.15, 0.2) is 23.2 Å². The first-order valence-corrected chi connectivity index (χ1v) is 7.36. The van der Waals surface area contributed by atoms with E-state index in [1.54, 1.807) is 13.8 Å². The Bertz CT molecular complexity index is 740. The van der Waals surface area contributed by atoms with Crippen molar-refractivity contribution >= 4 is 15.7 Å². The van der Waals surface area contributed by atoms with E-state index in [4.69, 9.17) is 5.73 Å². The van der Waals surface area contributed by atoms with E-state index < -0.39 is 15.8 Å². The van der Waals surface area contributed by atoms with Crippen molar-refractivity contribution in [2.75, 3.05) is 4.72 Å². The number of H-pyrrole nitrogens is 1. The van der Waals surface area contributed by atoms with Gasteiger partial charge in [0, 0.05) is 17.8 Å². The molecule has 0 spiro atoms. The number of rotatable bonds is 4. The van der Waals surface area contributed by atoms with Crippen LogP contribution in [0.25, 0.3) is 0 Å². The molecule has 0 unspecified atom stereocenters. The zero-order valence-electron chi connectivity index (χ0n) is 11.1. The van der Waals surface area contributed by atoms with Crippen LogP contribution >= 0.6 is 0 Å². The molecule has 8 heteroatoms. The standard InChI is InChI=1S/C12H15FN4O2S/c1-7-3-4-9(13)5-11(7)17-20(18,19)12-10(6-14)8(2)15-16-12/h3-5,17H,6,14H2,1-2H3,(H,15,16). The molecular weight excluding hydrogens is 283 g/mol. The molecule has 4 N–H and O–H groups in total. The van der Waals surface area contributed by atoms with Gasteiger partial charge in [0.25, 0.3) is 10.0 Å². The van der Waals surface area contributed by atoms with Gasteiger partial charge < -0.3 is 5.73 Å². The molecule has 0 aliphatic heterocycles. The summed E-state index contributed by atoms with van der Waals surface area (Å²) >= 11 is 0. The molecule has 1 aromatic carbocycles. The average Bonchev–Trinajstić information content (AvgIpc) is 2.75. The number of aromatic amines is 1. The number of halogens is 1. The van der Waals surface area contributed by atoms with Gasteiger partial charge in [-0.25, -0.2) is 4.39 Å². The minimum absolute atomic E-state index is 0.0424. The number of nitrogens with two attached hydrogens (primary N) is 1. The van der Waals surface area contributed by atoms with Gasteiger partial charge in [0.2, 0.25) is 5.03 Å². The van der Waals surface area contributed by atoms with Crippen molar-refractivity contribution in [3.05, 3.63) is 40.8 Å². The minimum atomic E-state index is -3.91. The summed E-state index contributed by atoms with van der Waals surface area (Å²) in [5.74, 6) is -0.523. The molecule has 0 aliphatic carbocycles. The molecule has 0 atom stereocenters. The first-order valence-electron chi connectivity index (χ1n) is 5.88. The van der Waals surface area contributed by atoms with Gasteiger partial charge in [-0.1, -0.05) is 6.07 Å². The summed E-state index contributed by atoms with van der Waals surface area (Å²) in [5, 5.41) is 6.17. The smallest absolute Gasteiger partial charge is 0.281 e. The summed E-state index contributed by atoms with van der Waals surface area (Å²) in [6.45, 7) is 3.40. The van der Waals surface area contributed by atoms with Crippen molar-refractivity contribution in [1.29, 1.82) is 0 Å². The lowest BCUT2D eigenvalue weighted by Gasteiger charge is -2.10. The molecule has 108 valence electrons. The SMILES string of the molecule is Cc1ccc(F)cc1NS(=O)(=O)c1n[nH]c(C)c1CN. The Kier molecular flexibility index (Phi) is 3.78. The molecule has 0 radical (unpaired) electrons. The fourth-order valence-corrected chi connectivity index (χ4v) is 3.12. The zero-order chi connectivity index (χ0) is 14.9. The Balaban J connectivity index is 2.43. The van der Waals surface area contributed by atoms with Gasteiger partial charge in [-0.2, -0.15) is 13.5 Å². The summed E-state index contributed by atoms with van der Waals surface area (Å²) in [7, 11) is -3.91. The Hall–Kier alpha value is -1.93. The average molecular weight is 298 g/mol. The van der Waals surface area contributed by atoms with E-state index in [1.165, 1.54) is 12.1 Å². The maximum atomic E-state index is 13.2. The van der Waals surface area contributed by atoms with Crippen LogP contribution in [0.5, 0.6) is 0 Å². The van der Waals surface area contributed by atoms with Crippen molar-refractivity contribution in [2.24, 2.45) is 5.73 Å². The highest BCUT2D eigenvalue weighted by molar-refractivity contribution is 7.92. The number of hydrogen-bond acceptors (Lipinski definition) is 4. The van der Waals surface area contributed by atoms with Crippen molar-refractivity contribution in [3.63, 3.8) is 0 Å². The van der Waals surface area contributed by atoms with Crippen molar-refractivity contribution in [3.8, 4) is 0 Å². The lowest BCUT2D eigenvalue weighted by Crippen LogP contribution is -2.17. The highest BCUT2D eigenvalue weighted by atomic mass is 32.2. The van der Waals surface area contributed by atoms with Gasteiger partial charge in [-0.15, -0.1) is 0 Å². The number of sulfonamides is 1. The first-order chi connectivity index (χ1) is 9.35. The minimum Gasteiger partial charge on any atom is -0.326 e. The molecule has 2 aromatic rings. The van der Waals surface area contributed by atoms with E-state index in [0.717, 1.165) is 6.07 Å². The van der Waals surface area contributed by atoms with E-state index in [0.29, 0.717) is 16.8 Å². The number of aromatic nitrogens is 2. The topological polar surface area (TPSA) is 101 Å². The van der Waals surface area contributed by atoms with E-state index in [2.05, 4.69) is 14.9 Å². The maximum absolute atomic E-state index is 13.2. The first kappa shape index (κ1) is 14.5. The molecule has 1 aromatic heterocycles. The molecule has 0 saturated heterocycles. The molecule has 6 nitrogen and oxygen atoms in total. The van der Waals surface area contributed by atoms with Crippen LogP contribution in [0.2, 0.25) is 0 Å². The van der Waals surface area contributed by atoms with Crippen molar-refractivity contribution in [1.82, 2.24) is 10.2 Å². The summed E-state index contributed by atoms with van der Waals surface area (Å²) in [6.07, 6.45) is 0. The Morgan fingerprint density at radius 2 is 2.10 bits per heavy atom. The fraction of sp³-hybridized carbons (Fsp3) is 0.250. The summed E-state index contributed by atoms with van der Waals surface area (Å²) in [4.78, 5) is 0. The van der Waals surface area contributed by atoms with Crippen molar-refractivity contribution < 1.29 is 12.8 Å². The van der Waals surface area contributed by atoms with Gasteiger partial charge in [0.05, 0.1) is 5.69 Å². The zero-order valence-corrected chi connectivity index (χ0v) is 11.9. The quantitative estimate of drug-likeness (QED) is 0.794. The second kappa shape index (κ2) is 5.22. The van der Waals surface area contributed by atoms with Gasteiger partial charge >= 0.3 is 0 Å². The Morgan fingerprint density at radius 3 is 2.75 bits per heavy atom. The fourth-order valence-electron chi connectivity index (χ4n) is 1.79. The second-order valence-electron chi connectivity index (χ2n) is 4.40. The van der Waals surface area contributed by atoms with E-state index in [-0.39, 0.29) is 17.3 Å². The van der Waals surface area contributed by atoms with Crippen LogP contribution < -0.4 is 10.5 Å². The van der Waals surface area contributed by atoms with Crippen LogP contribution in [0.4, 0.5) is 10.1 Å². The predicted octanol–water partition coefficient (Wildman–Crippen LogP) is 1.43. The third kappa shape index (κ3) is 2.66. The predicted molar refractivity (Wildman–Crippen MR) is 73.2 cm³/mol. The van der Waals surface area contributed by atoms with Crippen LogP contribution in [0, 0.1) is 19.7 Å². The van der Waals surface area contributed by atoms with E-state index >= 15 is 0 Å². The Morgan fingerprint density at radius 1 is 1.40 bits per heavy atom. The summed E-state index contributed by atoms with van der Waals surface area (Å²) in [6, 6.07) is 3.87. The second-order valence-corrected chi connectivity index (χ2v) is 6.00. The number of anilines is 1. The number of nitrogens with one attached hydrogen (secondary N) is 2. The van der Waals surface area contributed by atoms with Crippen LogP contribution in [-0.4, -0.2) is 18.6 Å². The molecular formula is C12H15FN4O2S. The number of aryl methyl sites for hydroxylation is 2. The molecule has 0 saturated carbocycles. The van der Waals surface area contributed by atoms with E-state index in [9.17, 15) is 12.8 Å². The molecule has 1 heterocycles. The van der Waals surface area contributed by atoms with Crippen LogP contribution in [0.1, 0.15) is 16.8 Å². The molecule has 0 aliphatic rings. The van der Waals surface area contributed by atoms with Crippen LogP contribution in [-0.2, 0) is 16.6 Å². The largest absolute Gasteiger partial charge is 0.326 e. The number of benzene rings is 1. The maximum Gasteiger partial charge on any atom is 0.281 e. The molecule has 0 bridgehead atoms. The summed E-state index contributed by atoms with van der Waals surface area (Å²) in [5.41, 5.74) is 7.31. The highest BCUT2D eigenvalue weighted by Crippen LogP contribution is 2.22. The third-order valence-corrected chi connectivity index (χ3v) is 4.27. The van der Waals surface area contributed by atoms with Gasteiger partial charge in [0.1, 0.15) is 5.82 Å². The lowest BCUT2D eigenvalue weighted by atomic mass is 10.2. The van der Waals surface area contributed by atoms with Gasteiger partial charge in [-0.05, 0) is 31.5 Å². The lowest BCUT2D eigenvalue weighted by molar-refractivity contribution is 0.595. The van der Waals surface area contributed by atoms with Gasteiger partial charge in [0.15, 0.2) is 0 Å². The molecule has 0 amide bonds. The molecule has 20 heavy (non-hydrogen) atoms. The number of hydrogen-bond donors (Lipinski definition) is 3. The van der Waals surface area contributed by atoms with Gasteiger partial charge in [-0.3, -0.25) is 9.82 Å². The number of nitrogens with zero attached hydrogens (tertiary/aromatic N) is 1. The monoisotopic (exact) mass is 298 g/mol. The van der Waals surface area contributed by atoms with E-state index in [1.807, 2.05) is 0 Å². The summed E-state index contributed by atoms with van der Waals surface area (Å²) < 4.78 is 40.1.